The molecule has 1 aliphatic heterocycles. The molecule has 2 atom stereocenters. The largest absolute Gasteiger partial charge is 0.381 e. The van der Waals surface area contributed by atoms with E-state index in [4.69, 9.17) is 4.74 Å². The van der Waals surface area contributed by atoms with Gasteiger partial charge < -0.3 is 10.1 Å². The van der Waals surface area contributed by atoms with Crippen LogP contribution in [-0.2, 0) is 4.74 Å². The van der Waals surface area contributed by atoms with Gasteiger partial charge in [0.25, 0.3) is 0 Å². The van der Waals surface area contributed by atoms with Crippen molar-refractivity contribution in [2.45, 2.75) is 18.9 Å². The second kappa shape index (κ2) is 6.32. The first kappa shape index (κ1) is 13.5. The number of benzene rings is 1. The number of hydrogen-bond acceptors (Lipinski definition) is 2. The lowest BCUT2D eigenvalue weighted by Gasteiger charge is -2.30. The SMILES string of the molecule is CNC(c1cc(Br)cc(Br)c1)C1CCCOC1. The second-order valence-electron chi connectivity index (χ2n) is 4.45. The van der Waals surface area contributed by atoms with Crippen LogP contribution in [0.3, 0.4) is 0 Å². The number of rotatable bonds is 3. The van der Waals surface area contributed by atoms with E-state index in [0.717, 1.165) is 28.6 Å². The fourth-order valence-corrected chi connectivity index (χ4v) is 3.79. The van der Waals surface area contributed by atoms with Gasteiger partial charge in [-0.3, -0.25) is 0 Å². The summed E-state index contributed by atoms with van der Waals surface area (Å²) in [7, 11) is 2.02. The molecular weight excluding hydrogens is 346 g/mol. The molecule has 2 nitrogen and oxygen atoms in total. The Kier molecular flexibility index (Phi) is 5.03. The summed E-state index contributed by atoms with van der Waals surface area (Å²) in [5.41, 5.74) is 1.31. The van der Waals surface area contributed by atoms with Crippen LogP contribution in [0.25, 0.3) is 0 Å². The number of ether oxygens (including phenoxy) is 1. The van der Waals surface area contributed by atoms with Crippen molar-refractivity contribution in [3.8, 4) is 0 Å². The molecule has 1 fully saturated rings. The second-order valence-corrected chi connectivity index (χ2v) is 6.28. The van der Waals surface area contributed by atoms with E-state index in [9.17, 15) is 0 Å². The molecule has 1 aromatic carbocycles. The molecule has 94 valence electrons. The van der Waals surface area contributed by atoms with Crippen LogP contribution in [0.4, 0.5) is 0 Å². The summed E-state index contributed by atoms with van der Waals surface area (Å²) in [5, 5.41) is 3.42. The topological polar surface area (TPSA) is 21.3 Å². The van der Waals surface area contributed by atoms with E-state index in [1.54, 1.807) is 0 Å². The van der Waals surface area contributed by atoms with E-state index in [1.165, 1.54) is 12.0 Å². The molecule has 17 heavy (non-hydrogen) atoms. The highest BCUT2D eigenvalue weighted by atomic mass is 79.9. The predicted molar refractivity (Wildman–Crippen MR) is 77.2 cm³/mol. The van der Waals surface area contributed by atoms with Gasteiger partial charge in [0.05, 0.1) is 6.61 Å². The minimum absolute atomic E-state index is 0.365. The van der Waals surface area contributed by atoms with Gasteiger partial charge in [0.1, 0.15) is 0 Å². The monoisotopic (exact) mass is 361 g/mol. The first-order valence-electron chi connectivity index (χ1n) is 5.91. The van der Waals surface area contributed by atoms with Crippen molar-refractivity contribution in [1.29, 1.82) is 0 Å². The molecule has 1 heterocycles. The Balaban J connectivity index is 2.21. The Morgan fingerprint density at radius 2 is 2.00 bits per heavy atom. The van der Waals surface area contributed by atoms with Crippen LogP contribution < -0.4 is 5.32 Å². The van der Waals surface area contributed by atoms with Crippen LogP contribution in [0.1, 0.15) is 24.4 Å². The smallest absolute Gasteiger partial charge is 0.0512 e. The quantitative estimate of drug-likeness (QED) is 0.880. The van der Waals surface area contributed by atoms with Crippen molar-refractivity contribution in [2.24, 2.45) is 5.92 Å². The fraction of sp³-hybridized carbons (Fsp3) is 0.538. The Labute approximate surface area is 119 Å². The number of hydrogen-bond donors (Lipinski definition) is 1. The van der Waals surface area contributed by atoms with Gasteiger partial charge in [0.15, 0.2) is 0 Å². The number of halogens is 2. The Hall–Kier alpha value is 0.1000. The van der Waals surface area contributed by atoms with Gasteiger partial charge in [0.2, 0.25) is 0 Å². The maximum atomic E-state index is 5.58. The van der Waals surface area contributed by atoms with Gasteiger partial charge in [-0.2, -0.15) is 0 Å². The average Bonchev–Trinajstić information content (AvgIpc) is 2.30. The predicted octanol–water partition coefficient (Wildman–Crippen LogP) is 3.90. The van der Waals surface area contributed by atoms with Gasteiger partial charge in [-0.15, -0.1) is 0 Å². The summed E-state index contributed by atoms with van der Waals surface area (Å²) in [5.74, 6) is 0.565. The maximum absolute atomic E-state index is 5.58. The van der Waals surface area contributed by atoms with E-state index >= 15 is 0 Å². The lowest BCUT2D eigenvalue weighted by atomic mass is 9.89. The summed E-state index contributed by atoms with van der Waals surface area (Å²) < 4.78 is 7.80. The molecule has 4 heteroatoms. The molecule has 1 saturated heterocycles. The van der Waals surface area contributed by atoms with E-state index in [1.807, 2.05) is 7.05 Å². The Morgan fingerprint density at radius 3 is 2.53 bits per heavy atom. The first-order valence-corrected chi connectivity index (χ1v) is 7.50. The summed E-state index contributed by atoms with van der Waals surface area (Å²) in [6.45, 7) is 1.77. The molecule has 1 aliphatic rings. The highest BCUT2D eigenvalue weighted by Crippen LogP contribution is 2.31. The minimum Gasteiger partial charge on any atom is -0.381 e. The first-order chi connectivity index (χ1) is 8.20. The van der Waals surface area contributed by atoms with Crippen molar-refractivity contribution in [1.82, 2.24) is 5.32 Å². The zero-order chi connectivity index (χ0) is 12.3. The third-order valence-corrected chi connectivity index (χ3v) is 4.14. The summed E-state index contributed by atoms with van der Waals surface area (Å²) in [4.78, 5) is 0. The number of nitrogens with one attached hydrogen (secondary N) is 1. The van der Waals surface area contributed by atoms with Crippen LogP contribution in [0, 0.1) is 5.92 Å². The molecule has 0 aromatic heterocycles. The third-order valence-electron chi connectivity index (χ3n) is 3.22. The molecular formula is C13H17Br2NO. The van der Waals surface area contributed by atoms with Crippen molar-refractivity contribution in [3.05, 3.63) is 32.7 Å². The average molecular weight is 363 g/mol. The van der Waals surface area contributed by atoms with Gasteiger partial charge in [-0.1, -0.05) is 31.9 Å². The van der Waals surface area contributed by atoms with E-state index < -0.39 is 0 Å². The molecule has 0 radical (unpaired) electrons. The lowest BCUT2D eigenvalue weighted by molar-refractivity contribution is 0.0402. The van der Waals surface area contributed by atoms with Crippen LogP contribution in [0.5, 0.6) is 0 Å². The fourth-order valence-electron chi connectivity index (χ4n) is 2.46. The summed E-state index contributed by atoms with van der Waals surface area (Å²) in [6, 6.07) is 6.79. The molecule has 1 aromatic rings. The molecule has 0 spiro atoms. The highest BCUT2D eigenvalue weighted by molar-refractivity contribution is 9.11. The van der Waals surface area contributed by atoms with Gasteiger partial charge in [-0.25, -0.2) is 0 Å². The van der Waals surface area contributed by atoms with Crippen LogP contribution in [0.2, 0.25) is 0 Å². The van der Waals surface area contributed by atoms with Crippen molar-refractivity contribution < 1.29 is 4.74 Å². The van der Waals surface area contributed by atoms with Gasteiger partial charge in [-0.05, 0) is 43.7 Å². The summed E-state index contributed by atoms with van der Waals surface area (Å²) >= 11 is 7.09. The molecule has 2 unspecified atom stereocenters. The Bertz CT molecular complexity index is 357. The molecule has 0 bridgehead atoms. The zero-order valence-electron chi connectivity index (χ0n) is 9.88. The Morgan fingerprint density at radius 1 is 1.29 bits per heavy atom. The minimum atomic E-state index is 0.365. The van der Waals surface area contributed by atoms with E-state index in [-0.39, 0.29) is 0 Å². The van der Waals surface area contributed by atoms with Crippen molar-refractivity contribution >= 4 is 31.9 Å². The van der Waals surface area contributed by atoms with Crippen molar-refractivity contribution in [2.75, 3.05) is 20.3 Å². The van der Waals surface area contributed by atoms with Crippen LogP contribution in [0.15, 0.2) is 27.1 Å². The zero-order valence-corrected chi connectivity index (χ0v) is 13.1. The van der Waals surface area contributed by atoms with E-state index in [0.29, 0.717) is 12.0 Å². The van der Waals surface area contributed by atoms with Crippen molar-refractivity contribution in [3.63, 3.8) is 0 Å². The molecule has 1 N–H and O–H groups in total. The highest BCUT2D eigenvalue weighted by Gasteiger charge is 2.24. The van der Waals surface area contributed by atoms with Crippen LogP contribution in [-0.4, -0.2) is 20.3 Å². The lowest BCUT2D eigenvalue weighted by Crippen LogP contribution is -2.31. The van der Waals surface area contributed by atoms with Gasteiger partial charge in [0, 0.05) is 27.5 Å². The molecule has 0 amide bonds. The molecule has 2 rings (SSSR count). The normalized spacial score (nSPS) is 22.4. The standard InChI is InChI=1S/C13H17Br2NO/c1-16-13(9-3-2-4-17-8-9)10-5-11(14)7-12(15)6-10/h5-7,9,13,16H,2-4,8H2,1H3. The molecule has 0 saturated carbocycles. The van der Waals surface area contributed by atoms with Gasteiger partial charge >= 0.3 is 0 Å². The van der Waals surface area contributed by atoms with E-state index in [2.05, 4.69) is 55.4 Å². The summed E-state index contributed by atoms with van der Waals surface area (Å²) in [6.07, 6.45) is 2.40. The third kappa shape index (κ3) is 3.53. The maximum Gasteiger partial charge on any atom is 0.0512 e. The molecule has 0 aliphatic carbocycles. The van der Waals surface area contributed by atoms with Crippen LogP contribution >= 0.6 is 31.9 Å².